The van der Waals surface area contributed by atoms with Gasteiger partial charge in [-0.2, -0.15) is 23.5 Å². The van der Waals surface area contributed by atoms with Gasteiger partial charge in [0.25, 0.3) is 0 Å². The number of aromatic hydroxyl groups is 1. The van der Waals surface area contributed by atoms with Crippen molar-refractivity contribution in [3.05, 3.63) is 64.2 Å². The Kier molecular flexibility index (Phi) is 10.2. The van der Waals surface area contributed by atoms with Crippen LogP contribution in [0.25, 0.3) is 0 Å². The molecule has 0 aromatic heterocycles. The molecule has 0 bridgehead atoms. The Morgan fingerprint density at radius 1 is 1.07 bits per heavy atom. The molecule has 0 unspecified atom stereocenters. The molecular weight excluding hydrogens is 587 g/mol. The third-order valence-electron chi connectivity index (χ3n) is 8.52. The molecule has 0 saturated carbocycles. The average Bonchev–Trinajstić information content (AvgIpc) is 3.30. The Morgan fingerprint density at radius 2 is 1.67 bits per heavy atom. The molecule has 6 N–H and O–H groups in total. The van der Waals surface area contributed by atoms with Crippen molar-refractivity contribution in [3.63, 3.8) is 0 Å². The van der Waals surface area contributed by atoms with E-state index in [4.69, 9.17) is 5.73 Å². The summed E-state index contributed by atoms with van der Waals surface area (Å²) in [5, 5.41) is 25.6. The van der Waals surface area contributed by atoms with Crippen LogP contribution in [0.15, 0.2) is 36.4 Å². The number of rotatable bonds is 5. The van der Waals surface area contributed by atoms with E-state index in [0.717, 1.165) is 27.8 Å². The number of carbonyl (C=O) groups is 4. The predicted octanol–water partition coefficient (Wildman–Crippen LogP) is 2.94. The third kappa shape index (κ3) is 7.56. The average molecular weight is 628 g/mol. The molecule has 43 heavy (non-hydrogen) atoms. The van der Waals surface area contributed by atoms with E-state index in [1.54, 1.807) is 12.1 Å². The summed E-state index contributed by atoms with van der Waals surface area (Å²) in [6.45, 7) is 7.32. The molecular formula is C32H41N3O6S2. The zero-order valence-corrected chi connectivity index (χ0v) is 26.7. The molecule has 2 aliphatic rings. The maximum absolute atomic E-state index is 14.0. The summed E-state index contributed by atoms with van der Waals surface area (Å²) in [6.07, 6.45) is 0.687. The number of carbonyl (C=O) groups excluding carboxylic acids is 3. The van der Waals surface area contributed by atoms with Gasteiger partial charge in [0.15, 0.2) is 5.78 Å². The van der Waals surface area contributed by atoms with Crippen LogP contribution in [0.4, 0.5) is 0 Å². The van der Waals surface area contributed by atoms with Gasteiger partial charge in [-0.1, -0.05) is 24.3 Å². The lowest BCUT2D eigenvalue weighted by atomic mass is 9.77. The number of phenolic OH excluding ortho intramolecular Hbond substituents is 1. The van der Waals surface area contributed by atoms with E-state index in [1.807, 2.05) is 52.0 Å². The predicted molar refractivity (Wildman–Crippen MR) is 171 cm³/mol. The lowest BCUT2D eigenvalue weighted by molar-refractivity contribution is -0.145. The Labute approximate surface area is 261 Å². The van der Waals surface area contributed by atoms with Gasteiger partial charge in [0, 0.05) is 28.4 Å². The first-order chi connectivity index (χ1) is 20.2. The first-order valence-corrected chi connectivity index (χ1v) is 16.6. The highest BCUT2D eigenvalue weighted by Gasteiger charge is 2.49. The number of amides is 2. The summed E-state index contributed by atoms with van der Waals surface area (Å²) in [5.41, 5.74) is 9.56. The Morgan fingerprint density at radius 3 is 2.26 bits per heavy atom. The van der Waals surface area contributed by atoms with Crippen LogP contribution in [0.3, 0.4) is 0 Å². The summed E-state index contributed by atoms with van der Waals surface area (Å²) in [7, 11) is 0. The first kappa shape index (κ1) is 32.9. The molecule has 3 atom stereocenters. The van der Waals surface area contributed by atoms with E-state index in [0.29, 0.717) is 30.1 Å². The highest BCUT2D eigenvalue weighted by atomic mass is 32.2. The number of aliphatic carboxylic acids is 1. The van der Waals surface area contributed by atoms with Crippen LogP contribution in [0.2, 0.25) is 0 Å². The van der Waals surface area contributed by atoms with E-state index >= 15 is 0 Å². The molecule has 232 valence electrons. The van der Waals surface area contributed by atoms with Crippen molar-refractivity contribution in [1.82, 2.24) is 10.6 Å². The minimum Gasteiger partial charge on any atom is -0.508 e. The van der Waals surface area contributed by atoms with Crippen LogP contribution in [0.5, 0.6) is 5.75 Å². The molecule has 1 aliphatic heterocycles. The Hall–Kier alpha value is -3.02. The van der Waals surface area contributed by atoms with Crippen molar-refractivity contribution in [3.8, 4) is 5.75 Å². The number of ketones is 1. The monoisotopic (exact) mass is 627 g/mol. The van der Waals surface area contributed by atoms with Gasteiger partial charge in [-0.05, 0) is 86.9 Å². The number of nitrogens with one attached hydrogen (secondary N) is 2. The maximum atomic E-state index is 14.0. The molecule has 2 aromatic rings. The highest BCUT2D eigenvalue weighted by molar-refractivity contribution is 8.03. The smallest absolute Gasteiger partial charge is 0.327 e. The van der Waals surface area contributed by atoms with Gasteiger partial charge in [-0.25, -0.2) is 4.79 Å². The van der Waals surface area contributed by atoms with E-state index in [1.165, 1.54) is 23.5 Å². The molecule has 0 radical (unpaired) electrons. The van der Waals surface area contributed by atoms with Crippen molar-refractivity contribution in [2.45, 2.75) is 76.3 Å². The van der Waals surface area contributed by atoms with Crippen molar-refractivity contribution in [2.75, 3.05) is 17.3 Å². The number of Topliss-reactive ketones (excluding diaryl/α,β-unsaturated/α-hetero) is 1. The number of phenols is 1. The topological polar surface area (TPSA) is 159 Å². The van der Waals surface area contributed by atoms with Crippen molar-refractivity contribution in [1.29, 1.82) is 0 Å². The number of thioether (sulfide) groups is 2. The van der Waals surface area contributed by atoms with E-state index in [2.05, 4.69) is 10.6 Å². The van der Waals surface area contributed by atoms with Crippen molar-refractivity contribution >= 4 is 47.1 Å². The van der Waals surface area contributed by atoms with Gasteiger partial charge in [0.05, 0.1) is 17.5 Å². The van der Waals surface area contributed by atoms with E-state index in [9.17, 15) is 29.4 Å². The minimum atomic E-state index is -1.18. The first-order valence-electron chi connectivity index (χ1n) is 14.4. The van der Waals surface area contributed by atoms with Gasteiger partial charge < -0.3 is 26.6 Å². The summed E-state index contributed by atoms with van der Waals surface area (Å²) in [5.74, 6) is -0.663. The Bertz CT molecular complexity index is 1360. The molecule has 1 spiro atoms. The second-order valence-corrected chi connectivity index (χ2v) is 15.1. The number of fused-ring (bicyclic) bond motifs is 1. The molecule has 1 aliphatic carbocycles. The van der Waals surface area contributed by atoms with Gasteiger partial charge >= 0.3 is 5.97 Å². The third-order valence-corrected chi connectivity index (χ3v) is 11.2. The number of aryl methyl sites for hydroxylation is 2. The summed E-state index contributed by atoms with van der Waals surface area (Å²) in [6, 6.07) is 7.94. The van der Waals surface area contributed by atoms with Crippen LogP contribution in [0, 0.1) is 19.3 Å². The van der Waals surface area contributed by atoms with Crippen LogP contribution in [0.1, 0.15) is 48.1 Å². The van der Waals surface area contributed by atoms with E-state index < -0.39 is 46.1 Å². The summed E-state index contributed by atoms with van der Waals surface area (Å²) in [4.78, 5) is 53.7. The van der Waals surface area contributed by atoms with E-state index in [-0.39, 0.29) is 24.4 Å². The fraction of sp³-hybridized carbons (Fsp3) is 0.500. The zero-order chi connectivity index (χ0) is 31.5. The van der Waals surface area contributed by atoms with Crippen molar-refractivity contribution < 1.29 is 29.4 Å². The molecule has 9 nitrogen and oxygen atoms in total. The van der Waals surface area contributed by atoms with Crippen molar-refractivity contribution in [2.24, 2.45) is 11.1 Å². The summed E-state index contributed by atoms with van der Waals surface area (Å²) >= 11 is 2.96. The molecule has 4 rings (SSSR count). The highest BCUT2D eigenvalue weighted by Crippen LogP contribution is 2.42. The number of carboxylic acids is 1. The van der Waals surface area contributed by atoms with Crippen LogP contribution in [-0.4, -0.2) is 73.9 Å². The lowest BCUT2D eigenvalue weighted by Crippen LogP contribution is -2.57. The number of nitrogens with two attached hydrogens (primary N) is 1. The summed E-state index contributed by atoms with van der Waals surface area (Å²) < 4.78 is -0.794. The van der Waals surface area contributed by atoms with Crippen LogP contribution < -0.4 is 16.4 Å². The largest absolute Gasteiger partial charge is 0.508 e. The molecule has 2 amide bonds. The second kappa shape index (κ2) is 13.3. The quantitative estimate of drug-likeness (QED) is 0.336. The molecule has 1 fully saturated rings. The van der Waals surface area contributed by atoms with Gasteiger partial charge in [0.1, 0.15) is 11.8 Å². The minimum absolute atomic E-state index is 0.145. The van der Waals surface area contributed by atoms with Gasteiger partial charge in [-0.3, -0.25) is 14.4 Å². The zero-order valence-electron chi connectivity index (χ0n) is 25.1. The molecule has 1 heterocycles. The van der Waals surface area contributed by atoms with Crippen LogP contribution in [-0.2, 0) is 38.4 Å². The number of hydrogen-bond donors (Lipinski definition) is 5. The standard InChI is InChI=1S/C32H41N3O6S2/c1-18-11-22(36)12-19(2)23(18)13-24(33)28(38)34-25-17-42-9-10-43-31(3,4)27(29(39)40)35-30(41)32(16-26(25)37)14-20-7-5-6-8-21(20)15-32/h5-8,11-12,24-25,27,36H,9-10,13-17,33H2,1-4H3,(H,34,38)(H,35,41)(H,39,40)/t24-,25+,27-/m0/s1. The fourth-order valence-electron chi connectivity index (χ4n) is 6.08. The van der Waals surface area contributed by atoms with Gasteiger partial charge in [0.2, 0.25) is 11.8 Å². The molecule has 1 saturated heterocycles. The maximum Gasteiger partial charge on any atom is 0.327 e. The molecule has 11 heteroatoms. The SMILES string of the molecule is Cc1cc(O)cc(C)c1C[C@H](N)C(=O)N[C@@H]1CSCCSC(C)(C)[C@H](C(=O)O)NC(=O)C2(CC1=O)Cc1ccccc1C2. The fourth-order valence-corrected chi connectivity index (χ4v) is 8.41. The van der Waals surface area contributed by atoms with Crippen LogP contribution >= 0.6 is 23.5 Å². The second-order valence-electron chi connectivity index (χ2n) is 12.2. The number of benzene rings is 2. The Balaban J connectivity index is 1.60. The van der Waals surface area contributed by atoms with Gasteiger partial charge in [-0.15, -0.1) is 0 Å². The number of hydrogen-bond acceptors (Lipinski definition) is 8. The normalized spacial score (nSPS) is 22.8. The number of carboxylic acid groups (broad SMARTS) is 1. The molecule has 2 aromatic carbocycles. The lowest BCUT2D eigenvalue weighted by Gasteiger charge is -2.35.